The molecule has 0 aromatic heterocycles. The second kappa shape index (κ2) is 9.18. The van der Waals surface area contributed by atoms with E-state index in [4.69, 9.17) is 4.74 Å². The highest BCUT2D eigenvalue weighted by Gasteiger charge is 2.20. The first kappa shape index (κ1) is 19.2. The zero-order chi connectivity index (χ0) is 15.6. The maximum Gasteiger partial charge on any atom is 0.190 e. The predicted octanol–water partition coefficient (Wildman–Crippen LogP) is 0.649. The largest absolute Gasteiger partial charge is 0.385 e. The van der Waals surface area contributed by atoms with Crippen LogP contribution in [0.1, 0.15) is 26.7 Å². The van der Waals surface area contributed by atoms with Crippen molar-refractivity contribution < 1.29 is 13.2 Å². The van der Waals surface area contributed by atoms with Crippen molar-refractivity contribution >= 4 is 15.8 Å². The summed E-state index contributed by atoms with van der Waals surface area (Å²) in [6.45, 7) is 6.26. The summed E-state index contributed by atoms with van der Waals surface area (Å²) in [7, 11) is 0.486. The maximum atomic E-state index is 11.2. The molecule has 0 aromatic carbocycles. The van der Waals surface area contributed by atoms with E-state index in [1.54, 1.807) is 14.2 Å². The first-order chi connectivity index (χ1) is 9.20. The van der Waals surface area contributed by atoms with E-state index in [1.165, 1.54) is 6.26 Å². The molecule has 0 radical (unpaired) electrons. The lowest BCUT2D eigenvalue weighted by Crippen LogP contribution is -2.42. The lowest BCUT2D eigenvalue weighted by Gasteiger charge is -2.25. The van der Waals surface area contributed by atoms with Crippen molar-refractivity contribution in [3.8, 4) is 0 Å². The van der Waals surface area contributed by atoms with Crippen molar-refractivity contribution in [1.29, 1.82) is 0 Å². The third kappa shape index (κ3) is 11.0. The lowest BCUT2D eigenvalue weighted by atomic mass is 9.90. The normalized spacial score (nSPS) is 13.3. The molecule has 0 aliphatic carbocycles. The average Bonchev–Trinajstić information content (AvgIpc) is 2.35. The van der Waals surface area contributed by atoms with Crippen LogP contribution in [-0.4, -0.2) is 60.2 Å². The van der Waals surface area contributed by atoms with Crippen LogP contribution in [0, 0.1) is 5.41 Å². The van der Waals surface area contributed by atoms with Crippen LogP contribution in [-0.2, 0) is 14.6 Å². The molecule has 0 saturated heterocycles. The molecule has 20 heavy (non-hydrogen) atoms. The van der Waals surface area contributed by atoms with E-state index in [1.807, 2.05) is 13.8 Å². The van der Waals surface area contributed by atoms with Gasteiger partial charge in [0, 0.05) is 40.1 Å². The zero-order valence-electron chi connectivity index (χ0n) is 13.3. The molecule has 120 valence electrons. The summed E-state index contributed by atoms with van der Waals surface area (Å²) in [6, 6.07) is 0. The van der Waals surface area contributed by atoms with Crippen molar-refractivity contribution in [1.82, 2.24) is 10.6 Å². The van der Waals surface area contributed by atoms with Crippen LogP contribution in [0.4, 0.5) is 0 Å². The molecule has 0 fully saturated rings. The van der Waals surface area contributed by atoms with Gasteiger partial charge in [0.1, 0.15) is 9.84 Å². The minimum Gasteiger partial charge on any atom is -0.385 e. The quantitative estimate of drug-likeness (QED) is 0.371. The van der Waals surface area contributed by atoms with Gasteiger partial charge in [0.15, 0.2) is 5.96 Å². The third-order valence-electron chi connectivity index (χ3n) is 2.93. The highest BCUT2D eigenvalue weighted by atomic mass is 32.2. The van der Waals surface area contributed by atoms with Gasteiger partial charge in [-0.25, -0.2) is 8.42 Å². The molecule has 7 heteroatoms. The number of methoxy groups -OCH3 is 1. The average molecular weight is 307 g/mol. The Balaban J connectivity index is 4.08. The van der Waals surface area contributed by atoms with Crippen LogP contribution in [0.15, 0.2) is 4.99 Å². The first-order valence-corrected chi connectivity index (χ1v) is 8.87. The highest BCUT2D eigenvalue weighted by molar-refractivity contribution is 7.90. The molecular formula is C13H29N3O3S. The Morgan fingerprint density at radius 1 is 1.30 bits per heavy atom. The number of guanidine groups is 1. The summed E-state index contributed by atoms with van der Waals surface area (Å²) in [5, 5.41) is 6.42. The Labute approximate surface area is 123 Å². The molecule has 0 aliphatic heterocycles. The molecular weight excluding hydrogens is 278 g/mol. The Bertz CT molecular complexity index is 392. The predicted molar refractivity (Wildman–Crippen MR) is 84.0 cm³/mol. The number of ether oxygens (including phenoxy) is 1. The van der Waals surface area contributed by atoms with Crippen LogP contribution in [0.3, 0.4) is 0 Å². The fourth-order valence-electron chi connectivity index (χ4n) is 1.52. The number of sulfone groups is 1. The Hall–Kier alpha value is -0.820. The van der Waals surface area contributed by atoms with Gasteiger partial charge in [-0.3, -0.25) is 4.99 Å². The van der Waals surface area contributed by atoms with Crippen molar-refractivity contribution in [2.75, 3.05) is 45.9 Å². The summed E-state index contributed by atoms with van der Waals surface area (Å²) >= 11 is 0. The van der Waals surface area contributed by atoms with Crippen LogP contribution in [0.2, 0.25) is 0 Å². The molecule has 0 spiro atoms. The molecule has 0 unspecified atom stereocenters. The molecule has 0 aromatic rings. The Kier molecular flexibility index (Phi) is 8.80. The standard InChI is InChI=1S/C13H29N3O3S/c1-13(2,7-10-20(5,17)18)11-16-12(14-3)15-8-6-9-19-4/h6-11H2,1-5H3,(H2,14,15,16). The number of hydrogen-bond donors (Lipinski definition) is 2. The van der Waals surface area contributed by atoms with E-state index in [2.05, 4.69) is 15.6 Å². The van der Waals surface area contributed by atoms with Crippen LogP contribution in [0.25, 0.3) is 0 Å². The van der Waals surface area contributed by atoms with Crippen LogP contribution < -0.4 is 10.6 Å². The Morgan fingerprint density at radius 2 is 1.95 bits per heavy atom. The molecule has 0 rings (SSSR count). The van der Waals surface area contributed by atoms with Crippen LogP contribution >= 0.6 is 0 Å². The summed E-state index contributed by atoms with van der Waals surface area (Å²) in [6.07, 6.45) is 2.81. The van der Waals surface area contributed by atoms with Gasteiger partial charge >= 0.3 is 0 Å². The van der Waals surface area contributed by atoms with Crippen molar-refractivity contribution in [2.24, 2.45) is 10.4 Å². The number of nitrogens with zero attached hydrogens (tertiary/aromatic N) is 1. The van der Waals surface area contributed by atoms with Gasteiger partial charge in [-0.15, -0.1) is 0 Å². The SMILES string of the molecule is CN=C(NCCCOC)NCC(C)(C)CCS(C)(=O)=O. The molecule has 6 nitrogen and oxygen atoms in total. The zero-order valence-corrected chi connectivity index (χ0v) is 14.1. The molecule has 0 saturated carbocycles. The highest BCUT2D eigenvalue weighted by Crippen LogP contribution is 2.19. The van der Waals surface area contributed by atoms with Crippen LogP contribution in [0.5, 0.6) is 0 Å². The molecule has 0 aliphatic rings. The second-order valence-corrected chi connectivity index (χ2v) is 8.00. The van der Waals surface area contributed by atoms with Gasteiger partial charge in [-0.1, -0.05) is 13.8 Å². The van der Waals surface area contributed by atoms with Crippen molar-refractivity contribution in [3.63, 3.8) is 0 Å². The van der Waals surface area contributed by atoms with Gasteiger partial charge in [-0.2, -0.15) is 0 Å². The monoisotopic (exact) mass is 307 g/mol. The third-order valence-corrected chi connectivity index (χ3v) is 3.87. The fraction of sp³-hybridized carbons (Fsp3) is 0.923. The van der Waals surface area contributed by atoms with E-state index in [-0.39, 0.29) is 11.2 Å². The van der Waals surface area contributed by atoms with Gasteiger partial charge < -0.3 is 15.4 Å². The van der Waals surface area contributed by atoms with E-state index in [0.717, 1.165) is 18.9 Å². The van der Waals surface area contributed by atoms with E-state index >= 15 is 0 Å². The first-order valence-electron chi connectivity index (χ1n) is 6.81. The maximum absolute atomic E-state index is 11.2. The topological polar surface area (TPSA) is 79.8 Å². The van der Waals surface area contributed by atoms with E-state index in [9.17, 15) is 8.42 Å². The fourth-order valence-corrected chi connectivity index (χ4v) is 2.44. The van der Waals surface area contributed by atoms with E-state index in [0.29, 0.717) is 19.6 Å². The lowest BCUT2D eigenvalue weighted by molar-refractivity contribution is 0.195. The number of nitrogens with one attached hydrogen (secondary N) is 2. The smallest absolute Gasteiger partial charge is 0.190 e. The van der Waals surface area contributed by atoms with Gasteiger partial charge in [0.05, 0.1) is 5.75 Å². The van der Waals surface area contributed by atoms with Crippen molar-refractivity contribution in [2.45, 2.75) is 26.7 Å². The number of rotatable bonds is 9. The summed E-state index contributed by atoms with van der Waals surface area (Å²) in [4.78, 5) is 4.13. The summed E-state index contributed by atoms with van der Waals surface area (Å²) < 4.78 is 27.4. The second-order valence-electron chi connectivity index (χ2n) is 5.74. The van der Waals surface area contributed by atoms with E-state index < -0.39 is 9.84 Å². The van der Waals surface area contributed by atoms with Gasteiger partial charge in [0.2, 0.25) is 0 Å². The summed E-state index contributed by atoms with van der Waals surface area (Å²) in [5.74, 6) is 0.940. The minimum atomic E-state index is -2.91. The molecule has 0 bridgehead atoms. The molecule has 0 heterocycles. The summed E-state index contributed by atoms with van der Waals surface area (Å²) in [5.41, 5.74) is -0.104. The minimum absolute atomic E-state index is 0.104. The van der Waals surface area contributed by atoms with Gasteiger partial charge in [0.25, 0.3) is 0 Å². The molecule has 0 atom stereocenters. The molecule has 2 N–H and O–H groups in total. The van der Waals surface area contributed by atoms with Crippen molar-refractivity contribution in [3.05, 3.63) is 0 Å². The van der Waals surface area contributed by atoms with Gasteiger partial charge in [-0.05, 0) is 18.3 Å². The Morgan fingerprint density at radius 3 is 2.45 bits per heavy atom. The number of hydrogen-bond acceptors (Lipinski definition) is 4. The number of aliphatic imine (C=N–C) groups is 1. The molecule has 0 amide bonds.